The molecule has 0 fully saturated rings. The summed E-state index contributed by atoms with van der Waals surface area (Å²) in [5.41, 5.74) is 9.96. The van der Waals surface area contributed by atoms with E-state index in [1.165, 1.54) is 11.3 Å². The van der Waals surface area contributed by atoms with Gasteiger partial charge in [-0.1, -0.05) is 25.1 Å². The van der Waals surface area contributed by atoms with E-state index >= 15 is 0 Å². The van der Waals surface area contributed by atoms with Gasteiger partial charge in [-0.25, -0.2) is 4.98 Å². The van der Waals surface area contributed by atoms with Crippen molar-refractivity contribution in [3.8, 4) is 0 Å². The van der Waals surface area contributed by atoms with E-state index in [9.17, 15) is 9.59 Å². The van der Waals surface area contributed by atoms with Crippen molar-refractivity contribution in [1.29, 1.82) is 0 Å². The molecule has 0 radical (unpaired) electrons. The third kappa shape index (κ3) is 2.76. The van der Waals surface area contributed by atoms with Crippen LogP contribution in [0.4, 0.5) is 11.4 Å². The summed E-state index contributed by atoms with van der Waals surface area (Å²) in [6.07, 6.45) is 2.99. The van der Waals surface area contributed by atoms with Crippen LogP contribution >= 0.6 is 11.3 Å². The number of carbonyl (C=O) groups excluding carboxylic acids is 2. The molecule has 132 valence electrons. The van der Waals surface area contributed by atoms with Crippen LogP contribution in [0, 0.1) is 0 Å². The third-order valence-electron chi connectivity index (χ3n) is 4.77. The van der Waals surface area contributed by atoms with Crippen LogP contribution < -0.4 is 11.1 Å². The van der Waals surface area contributed by atoms with Gasteiger partial charge in [0.2, 0.25) is 0 Å². The van der Waals surface area contributed by atoms with Gasteiger partial charge in [0.25, 0.3) is 5.91 Å². The van der Waals surface area contributed by atoms with Crippen molar-refractivity contribution in [2.24, 2.45) is 0 Å². The number of pyridine rings is 1. The Morgan fingerprint density at radius 1 is 1.31 bits per heavy atom. The molecule has 0 unspecified atom stereocenters. The highest BCUT2D eigenvalue weighted by molar-refractivity contribution is 7.21. The van der Waals surface area contributed by atoms with Crippen molar-refractivity contribution in [2.75, 3.05) is 11.1 Å². The van der Waals surface area contributed by atoms with Gasteiger partial charge >= 0.3 is 0 Å². The number of para-hydroxylation sites is 1. The average molecular weight is 365 g/mol. The maximum absolute atomic E-state index is 12.8. The molecule has 0 aliphatic heterocycles. The van der Waals surface area contributed by atoms with E-state index in [2.05, 4.69) is 10.3 Å². The highest BCUT2D eigenvalue weighted by Crippen LogP contribution is 2.36. The van der Waals surface area contributed by atoms with E-state index in [-0.39, 0.29) is 11.7 Å². The molecule has 26 heavy (non-hydrogen) atoms. The van der Waals surface area contributed by atoms with E-state index in [1.807, 2.05) is 37.3 Å². The molecular formula is C20H19N3O2S. The number of nitrogen functional groups attached to an aromatic ring is 1. The van der Waals surface area contributed by atoms with Crippen molar-refractivity contribution in [2.45, 2.75) is 32.6 Å². The number of nitrogens with one attached hydrogen (secondary N) is 1. The number of benzene rings is 1. The fourth-order valence-corrected chi connectivity index (χ4v) is 4.35. The first-order valence-electron chi connectivity index (χ1n) is 8.72. The Morgan fingerprint density at radius 2 is 2.12 bits per heavy atom. The predicted molar refractivity (Wildman–Crippen MR) is 105 cm³/mol. The monoisotopic (exact) mass is 365 g/mol. The number of aryl methyl sites for hydroxylation is 2. The van der Waals surface area contributed by atoms with Crippen molar-refractivity contribution in [1.82, 2.24) is 4.98 Å². The smallest absolute Gasteiger partial charge is 0.267 e. The number of ketones is 1. The molecule has 3 N–H and O–H groups in total. The van der Waals surface area contributed by atoms with Crippen molar-refractivity contribution in [3.63, 3.8) is 0 Å². The van der Waals surface area contributed by atoms with Gasteiger partial charge in [0.05, 0.1) is 11.4 Å². The van der Waals surface area contributed by atoms with Gasteiger partial charge in [0.1, 0.15) is 9.71 Å². The number of Topliss-reactive ketones (excluding diaryl/α,β-unsaturated/α-hetero) is 1. The molecule has 4 rings (SSSR count). The van der Waals surface area contributed by atoms with Gasteiger partial charge in [-0.3, -0.25) is 9.59 Å². The fourth-order valence-electron chi connectivity index (χ4n) is 3.36. The van der Waals surface area contributed by atoms with Gasteiger partial charge in [-0.15, -0.1) is 11.3 Å². The van der Waals surface area contributed by atoms with E-state index in [0.717, 1.165) is 36.2 Å². The second-order valence-electron chi connectivity index (χ2n) is 6.42. The van der Waals surface area contributed by atoms with E-state index in [0.29, 0.717) is 32.8 Å². The Kier molecular flexibility index (Phi) is 4.20. The number of anilines is 2. The first-order valence-corrected chi connectivity index (χ1v) is 9.54. The standard InChI is InChI=1S/C20H19N3O2S/c1-2-11-6-3-4-7-14(11)22-19(25)18-17(21)13-10-12-15(23-20(13)26-18)8-5-9-16(12)24/h3-4,6-7,10H,2,5,8-9,21H2,1H3,(H,22,25). The molecule has 0 saturated heterocycles. The molecule has 6 heteroatoms. The highest BCUT2D eigenvalue weighted by Gasteiger charge is 2.23. The SMILES string of the molecule is CCc1ccccc1NC(=O)c1sc2nc3c(cc2c1N)C(=O)CCC3. The summed E-state index contributed by atoms with van der Waals surface area (Å²) in [7, 11) is 0. The van der Waals surface area contributed by atoms with Crippen LogP contribution in [0.5, 0.6) is 0 Å². The zero-order chi connectivity index (χ0) is 18.3. The summed E-state index contributed by atoms with van der Waals surface area (Å²) in [5.74, 6) is -0.134. The number of nitrogens with zero attached hydrogens (tertiary/aromatic N) is 1. The molecule has 2 aromatic heterocycles. The summed E-state index contributed by atoms with van der Waals surface area (Å²) in [6.45, 7) is 2.05. The molecule has 1 amide bonds. The Labute approximate surface area is 155 Å². The summed E-state index contributed by atoms with van der Waals surface area (Å²) in [5, 5.41) is 3.65. The number of rotatable bonds is 3. The minimum atomic E-state index is -0.240. The minimum absolute atomic E-state index is 0.106. The van der Waals surface area contributed by atoms with Crippen LogP contribution in [-0.4, -0.2) is 16.7 Å². The average Bonchev–Trinajstić information content (AvgIpc) is 2.97. The topological polar surface area (TPSA) is 85.1 Å². The first-order chi connectivity index (χ1) is 12.6. The second-order valence-corrected chi connectivity index (χ2v) is 7.42. The van der Waals surface area contributed by atoms with Crippen LogP contribution in [0.2, 0.25) is 0 Å². The Balaban J connectivity index is 1.73. The zero-order valence-electron chi connectivity index (χ0n) is 14.5. The van der Waals surface area contributed by atoms with Gasteiger partial charge < -0.3 is 11.1 Å². The molecule has 0 atom stereocenters. The Bertz CT molecular complexity index is 1040. The van der Waals surface area contributed by atoms with E-state index in [1.54, 1.807) is 0 Å². The lowest BCUT2D eigenvalue weighted by Crippen LogP contribution is -2.13. The summed E-state index contributed by atoms with van der Waals surface area (Å²) in [4.78, 5) is 30.7. The number of hydrogen-bond acceptors (Lipinski definition) is 5. The minimum Gasteiger partial charge on any atom is -0.397 e. The number of thiophene rings is 1. The van der Waals surface area contributed by atoms with Gasteiger partial charge in [-0.05, 0) is 37.0 Å². The zero-order valence-corrected chi connectivity index (χ0v) is 15.3. The first kappa shape index (κ1) is 16.7. The molecule has 1 aliphatic carbocycles. The summed E-state index contributed by atoms with van der Waals surface area (Å²) >= 11 is 1.28. The second kappa shape index (κ2) is 6.53. The fraction of sp³-hybridized carbons (Fsp3) is 0.250. The lowest BCUT2D eigenvalue weighted by atomic mass is 9.94. The normalized spacial score (nSPS) is 13.7. The number of hydrogen-bond donors (Lipinski definition) is 2. The van der Waals surface area contributed by atoms with E-state index < -0.39 is 0 Å². The molecule has 0 saturated carbocycles. The highest BCUT2D eigenvalue weighted by atomic mass is 32.1. The Hall–Kier alpha value is -2.73. The van der Waals surface area contributed by atoms with Crippen molar-refractivity contribution < 1.29 is 9.59 Å². The quantitative estimate of drug-likeness (QED) is 0.728. The largest absolute Gasteiger partial charge is 0.397 e. The number of aromatic nitrogens is 1. The predicted octanol–water partition coefficient (Wildman–Crippen LogP) is 4.21. The van der Waals surface area contributed by atoms with Crippen LogP contribution in [0.15, 0.2) is 30.3 Å². The molecule has 5 nitrogen and oxygen atoms in total. The number of nitrogens with two attached hydrogens (primary N) is 1. The summed E-state index contributed by atoms with van der Waals surface area (Å²) in [6, 6.07) is 9.53. The maximum atomic E-state index is 12.8. The van der Waals surface area contributed by atoms with Crippen LogP contribution in [0.3, 0.4) is 0 Å². The van der Waals surface area contributed by atoms with E-state index in [4.69, 9.17) is 5.73 Å². The molecule has 0 bridgehead atoms. The molecule has 1 aliphatic rings. The van der Waals surface area contributed by atoms with Crippen molar-refractivity contribution in [3.05, 3.63) is 52.0 Å². The Morgan fingerprint density at radius 3 is 2.92 bits per heavy atom. The third-order valence-corrected chi connectivity index (χ3v) is 5.88. The van der Waals surface area contributed by atoms with Crippen LogP contribution in [0.25, 0.3) is 10.2 Å². The van der Waals surface area contributed by atoms with Gasteiger partial charge in [-0.2, -0.15) is 0 Å². The van der Waals surface area contributed by atoms with Crippen LogP contribution in [0.1, 0.15) is 51.1 Å². The summed E-state index contributed by atoms with van der Waals surface area (Å²) < 4.78 is 0. The molecular weight excluding hydrogens is 346 g/mol. The van der Waals surface area contributed by atoms with Crippen LogP contribution in [-0.2, 0) is 12.8 Å². The molecule has 1 aromatic carbocycles. The molecule has 2 heterocycles. The number of fused-ring (bicyclic) bond motifs is 2. The lowest BCUT2D eigenvalue weighted by molar-refractivity contribution is 0.0970. The van der Waals surface area contributed by atoms with Gasteiger partial charge in [0.15, 0.2) is 5.78 Å². The van der Waals surface area contributed by atoms with Gasteiger partial charge in [0, 0.05) is 23.1 Å². The lowest BCUT2D eigenvalue weighted by Gasteiger charge is -2.13. The maximum Gasteiger partial charge on any atom is 0.267 e. The molecule has 0 spiro atoms. The number of amides is 1. The molecule has 3 aromatic rings. The number of carbonyl (C=O) groups is 2. The van der Waals surface area contributed by atoms with Crippen molar-refractivity contribution >= 4 is 44.6 Å².